The van der Waals surface area contributed by atoms with Crippen molar-refractivity contribution in [2.45, 2.75) is 11.3 Å². The number of sulfonamides is 1. The van der Waals surface area contributed by atoms with Gasteiger partial charge in [0.15, 0.2) is 0 Å². The van der Waals surface area contributed by atoms with Crippen LogP contribution in [0, 0.1) is 5.82 Å². The Labute approximate surface area is 157 Å². The summed E-state index contributed by atoms with van der Waals surface area (Å²) < 4.78 is 39.9. The normalized spacial score (nSPS) is 18.1. The number of nitrogens with zero attached hydrogens (tertiary/aromatic N) is 3. The molecule has 0 atom stereocenters. The zero-order chi connectivity index (χ0) is 19.2. The maximum atomic E-state index is 13.1. The fourth-order valence-electron chi connectivity index (χ4n) is 3.60. The molecule has 2 heterocycles. The number of hydrogen-bond acceptors (Lipinski definition) is 4. The molecular weight excluding hydrogens is 369 g/mol. The average molecular weight is 389 g/mol. The van der Waals surface area contributed by atoms with Gasteiger partial charge in [-0.2, -0.15) is 4.31 Å². The number of rotatable bonds is 3. The van der Waals surface area contributed by atoms with E-state index in [-0.39, 0.29) is 10.8 Å². The van der Waals surface area contributed by atoms with Gasteiger partial charge in [0.05, 0.1) is 11.3 Å². The minimum atomic E-state index is -3.62. The van der Waals surface area contributed by atoms with Gasteiger partial charge < -0.3 is 9.80 Å². The first-order valence-electron chi connectivity index (χ1n) is 8.76. The molecule has 0 spiro atoms. The quantitative estimate of drug-likeness (QED) is 0.804. The standard InChI is InChI=1S/C19H20FN3O3S/c1-21-18-7-4-16(12-14(18)13-19(21)24)22-8-10-23(11-9-22)27(25,26)17-5-2-15(20)3-6-17/h2-7,12H,8-11,13H2,1H3. The summed E-state index contributed by atoms with van der Waals surface area (Å²) in [7, 11) is -1.85. The molecule has 1 saturated heterocycles. The van der Waals surface area contributed by atoms with Gasteiger partial charge in [-0.25, -0.2) is 12.8 Å². The maximum Gasteiger partial charge on any atom is 0.243 e. The first-order chi connectivity index (χ1) is 12.9. The second-order valence-corrected chi connectivity index (χ2v) is 8.73. The highest BCUT2D eigenvalue weighted by atomic mass is 32.2. The predicted molar refractivity (Wildman–Crippen MR) is 101 cm³/mol. The van der Waals surface area contributed by atoms with Crippen LogP contribution in [0.25, 0.3) is 0 Å². The molecule has 0 unspecified atom stereocenters. The number of halogens is 1. The topological polar surface area (TPSA) is 60.9 Å². The van der Waals surface area contributed by atoms with E-state index >= 15 is 0 Å². The molecule has 0 radical (unpaired) electrons. The number of likely N-dealkylation sites (N-methyl/N-ethyl adjacent to an activating group) is 1. The van der Waals surface area contributed by atoms with Crippen LogP contribution in [0.5, 0.6) is 0 Å². The summed E-state index contributed by atoms with van der Waals surface area (Å²) in [6.45, 7) is 1.83. The fourth-order valence-corrected chi connectivity index (χ4v) is 5.02. The minimum absolute atomic E-state index is 0.0809. The summed E-state index contributed by atoms with van der Waals surface area (Å²) >= 11 is 0. The summed E-state index contributed by atoms with van der Waals surface area (Å²) in [6, 6.07) is 10.8. The lowest BCUT2D eigenvalue weighted by Crippen LogP contribution is -2.48. The smallest absolute Gasteiger partial charge is 0.243 e. The second kappa shape index (κ2) is 6.61. The summed E-state index contributed by atoms with van der Waals surface area (Å²) in [5, 5.41) is 0. The largest absolute Gasteiger partial charge is 0.369 e. The third kappa shape index (κ3) is 3.19. The first kappa shape index (κ1) is 17.9. The summed E-state index contributed by atoms with van der Waals surface area (Å²) in [6.07, 6.45) is 0.401. The van der Waals surface area contributed by atoms with E-state index in [4.69, 9.17) is 0 Å². The van der Waals surface area contributed by atoms with Crippen molar-refractivity contribution in [2.75, 3.05) is 43.0 Å². The van der Waals surface area contributed by atoms with E-state index in [0.717, 1.165) is 29.1 Å². The van der Waals surface area contributed by atoms with Gasteiger partial charge in [0.25, 0.3) is 0 Å². The summed E-state index contributed by atoms with van der Waals surface area (Å²) in [5.74, 6) is -0.378. The lowest BCUT2D eigenvalue weighted by molar-refractivity contribution is -0.117. The molecular formula is C19H20FN3O3S. The highest BCUT2D eigenvalue weighted by Crippen LogP contribution is 2.32. The summed E-state index contributed by atoms with van der Waals surface area (Å²) in [4.78, 5) is 15.7. The van der Waals surface area contributed by atoms with Crippen molar-refractivity contribution >= 4 is 27.3 Å². The van der Waals surface area contributed by atoms with Crippen LogP contribution in [0.3, 0.4) is 0 Å². The SMILES string of the molecule is CN1C(=O)Cc2cc(N3CCN(S(=O)(=O)c4ccc(F)cc4)CC3)ccc21. The monoisotopic (exact) mass is 389 g/mol. The van der Waals surface area contributed by atoms with Gasteiger partial charge in [0.2, 0.25) is 15.9 Å². The molecule has 142 valence electrons. The Morgan fingerprint density at radius 3 is 2.30 bits per heavy atom. The third-order valence-electron chi connectivity index (χ3n) is 5.20. The molecule has 2 aromatic carbocycles. The van der Waals surface area contributed by atoms with E-state index in [2.05, 4.69) is 4.90 Å². The molecule has 6 nitrogen and oxygen atoms in total. The lowest BCUT2D eigenvalue weighted by atomic mass is 10.1. The number of carbonyl (C=O) groups is 1. The number of piperazine rings is 1. The molecule has 1 amide bonds. The van der Waals surface area contributed by atoms with Crippen molar-refractivity contribution in [3.8, 4) is 0 Å². The minimum Gasteiger partial charge on any atom is -0.369 e. The van der Waals surface area contributed by atoms with Crippen molar-refractivity contribution in [1.29, 1.82) is 0 Å². The summed E-state index contributed by atoms with van der Waals surface area (Å²) in [5.41, 5.74) is 2.93. The van der Waals surface area contributed by atoms with Gasteiger partial charge >= 0.3 is 0 Å². The van der Waals surface area contributed by atoms with E-state index in [0.29, 0.717) is 32.6 Å². The van der Waals surface area contributed by atoms with E-state index in [9.17, 15) is 17.6 Å². The molecule has 0 saturated carbocycles. The van der Waals surface area contributed by atoms with Gasteiger partial charge in [0, 0.05) is 44.6 Å². The van der Waals surface area contributed by atoms with Gasteiger partial charge in [0.1, 0.15) is 5.82 Å². The molecule has 27 heavy (non-hydrogen) atoms. The van der Waals surface area contributed by atoms with Crippen LogP contribution in [0.4, 0.5) is 15.8 Å². The van der Waals surface area contributed by atoms with Crippen LogP contribution in [0.2, 0.25) is 0 Å². The molecule has 1 fully saturated rings. The average Bonchev–Trinajstić information content (AvgIpc) is 2.95. The predicted octanol–water partition coefficient (Wildman–Crippen LogP) is 1.86. The Kier molecular flexibility index (Phi) is 4.39. The number of benzene rings is 2. The Balaban J connectivity index is 1.47. The zero-order valence-electron chi connectivity index (χ0n) is 14.9. The Hall–Kier alpha value is -2.45. The van der Waals surface area contributed by atoms with Crippen LogP contribution >= 0.6 is 0 Å². The van der Waals surface area contributed by atoms with Crippen LogP contribution in [-0.4, -0.2) is 51.9 Å². The third-order valence-corrected chi connectivity index (χ3v) is 7.11. The zero-order valence-corrected chi connectivity index (χ0v) is 15.7. The number of fused-ring (bicyclic) bond motifs is 1. The van der Waals surface area contributed by atoms with Gasteiger partial charge in [-0.05, 0) is 48.0 Å². The van der Waals surface area contributed by atoms with E-state index in [1.54, 1.807) is 11.9 Å². The van der Waals surface area contributed by atoms with Crippen molar-refractivity contribution in [3.05, 3.63) is 53.8 Å². The Morgan fingerprint density at radius 1 is 0.963 bits per heavy atom. The first-order valence-corrected chi connectivity index (χ1v) is 10.2. The molecule has 2 aliphatic rings. The molecule has 8 heteroatoms. The van der Waals surface area contributed by atoms with Crippen LogP contribution in [0.15, 0.2) is 47.4 Å². The van der Waals surface area contributed by atoms with Gasteiger partial charge in [-0.15, -0.1) is 0 Å². The van der Waals surface area contributed by atoms with Crippen molar-refractivity contribution in [1.82, 2.24) is 4.31 Å². The van der Waals surface area contributed by atoms with Gasteiger partial charge in [-0.3, -0.25) is 4.79 Å². The number of carbonyl (C=O) groups excluding carboxylic acids is 1. The highest BCUT2D eigenvalue weighted by Gasteiger charge is 2.30. The van der Waals surface area contributed by atoms with E-state index in [1.165, 1.54) is 16.4 Å². The van der Waals surface area contributed by atoms with Crippen LogP contribution < -0.4 is 9.80 Å². The molecule has 2 aromatic rings. The van der Waals surface area contributed by atoms with Crippen molar-refractivity contribution < 1.29 is 17.6 Å². The molecule has 0 aliphatic carbocycles. The highest BCUT2D eigenvalue weighted by molar-refractivity contribution is 7.89. The lowest BCUT2D eigenvalue weighted by Gasteiger charge is -2.35. The number of amides is 1. The van der Waals surface area contributed by atoms with Crippen molar-refractivity contribution in [3.63, 3.8) is 0 Å². The molecule has 0 bridgehead atoms. The van der Waals surface area contributed by atoms with E-state index in [1.807, 2.05) is 18.2 Å². The maximum absolute atomic E-state index is 13.1. The van der Waals surface area contributed by atoms with Crippen molar-refractivity contribution in [2.24, 2.45) is 0 Å². The second-order valence-electron chi connectivity index (χ2n) is 6.79. The molecule has 2 aliphatic heterocycles. The Morgan fingerprint density at radius 2 is 1.63 bits per heavy atom. The number of anilines is 2. The molecule has 4 rings (SSSR count). The molecule has 0 N–H and O–H groups in total. The van der Waals surface area contributed by atoms with Crippen LogP contribution in [-0.2, 0) is 21.2 Å². The fraction of sp³-hybridized carbons (Fsp3) is 0.316. The molecule has 0 aromatic heterocycles. The van der Waals surface area contributed by atoms with Gasteiger partial charge in [-0.1, -0.05) is 0 Å². The van der Waals surface area contributed by atoms with E-state index < -0.39 is 15.8 Å². The Bertz CT molecular complexity index is 984. The number of hydrogen-bond donors (Lipinski definition) is 0. The van der Waals surface area contributed by atoms with Crippen LogP contribution in [0.1, 0.15) is 5.56 Å².